The fraction of sp³-hybridized carbons (Fsp3) is 0.308. The minimum atomic E-state index is 0.593. The van der Waals surface area contributed by atoms with Crippen molar-refractivity contribution in [2.24, 2.45) is 0 Å². The zero-order valence-corrected chi connectivity index (χ0v) is 9.19. The third-order valence-electron chi connectivity index (χ3n) is 2.59. The molecule has 1 aromatic carbocycles. The first-order valence-corrected chi connectivity index (χ1v) is 5.26. The van der Waals surface area contributed by atoms with E-state index in [0.29, 0.717) is 17.9 Å². The number of para-hydroxylation sites is 1. The molecule has 0 amide bonds. The molecule has 16 heavy (non-hydrogen) atoms. The molecule has 1 heterocycles. The lowest BCUT2D eigenvalue weighted by Gasteiger charge is -2.08. The number of ether oxygens (including phenoxy) is 2. The summed E-state index contributed by atoms with van der Waals surface area (Å²) in [6.07, 6.45) is 1.82. The van der Waals surface area contributed by atoms with Crippen molar-refractivity contribution in [3.8, 4) is 11.8 Å². The Bertz CT molecular complexity index is 449. The van der Waals surface area contributed by atoms with Crippen LogP contribution in [0.15, 0.2) is 30.0 Å². The van der Waals surface area contributed by atoms with Gasteiger partial charge < -0.3 is 9.47 Å². The van der Waals surface area contributed by atoms with E-state index < -0.39 is 0 Å². The van der Waals surface area contributed by atoms with Crippen LogP contribution >= 0.6 is 0 Å². The molecule has 1 aromatic rings. The molecular weight excluding hydrogens is 202 g/mol. The molecule has 0 spiro atoms. The molecule has 3 heteroatoms. The summed E-state index contributed by atoms with van der Waals surface area (Å²) < 4.78 is 10.7. The highest BCUT2D eigenvalue weighted by Crippen LogP contribution is 2.31. The molecule has 1 aliphatic rings. The summed E-state index contributed by atoms with van der Waals surface area (Å²) in [6.45, 7) is 0.704. The van der Waals surface area contributed by atoms with Crippen LogP contribution in [0.2, 0.25) is 0 Å². The van der Waals surface area contributed by atoms with Crippen molar-refractivity contribution in [2.75, 3.05) is 13.7 Å². The van der Waals surface area contributed by atoms with Crippen LogP contribution in [0.25, 0.3) is 5.57 Å². The van der Waals surface area contributed by atoms with Crippen LogP contribution in [0.5, 0.6) is 5.75 Å². The maximum absolute atomic E-state index is 9.22. The normalized spacial score (nSPS) is 17.5. The lowest BCUT2D eigenvalue weighted by Crippen LogP contribution is -1.93. The van der Waals surface area contributed by atoms with Crippen molar-refractivity contribution in [3.63, 3.8) is 0 Å². The number of hydrogen-bond acceptors (Lipinski definition) is 3. The Hall–Kier alpha value is -1.95. The number of allylic oxidation sites excluding steroid dienone is 2. The second-order valence-corrected chi connectivity index (χ2v) is 3.56. The lowest BCUT2D eigenvalue weighted by molar-refractivity contribution is 0.265. The summed E-state index contributed by atoms with van der Waals surface area (Å²) in [5, 5.41) is 9.22. The van der Waals surface area contributed by atoms with E-state index in [1.165, 1.54) is 0 Å². The molecule has 0 radical (unpaired) electrons. The average Bonchev–Trinajstić information content (AvgIpc) is 2.84. The van der Waals surface area contributed by atoms with Gasteiger partial charge in [-0.05, 0) is 18.6 Å². The zero-order valence-electron chi connectivity index (χ0n) is 9.19. The van der Waals surface area contributed by atoms with Gasteiger partial charge in [-0.3, -0.25) is 0 Å². The van der Waals surface area contributed by atoms with E-state index in [9.17, 15) is 5.26 Å². The summed E-state index contributed by atoms with van der Waals surface area (Å²) in [5.41, 5.74) is 1.40. The van der Waals surface area contributed by atoms with Crippen molar-refractivity contribution in [1.29, 1.82) is 5.26 Å². The van der Waals surface area contributed by atoms with Crippen molar-refractivity contribution >= 4 is 5.57 Å². The van der Waals surface area contributed by atoms with E-state index >= 15 is 0 Å². The van der Waals surface area contributed by atoms with Gasteiger partial charge in [-0.15, -0.1) is 0 Å². The van der Waals surface area contributed by atoms with Gasteiger partial charge >= 0.3 is 0 Å². The Labute approximate surface area is 94.9 Å². The van der Waals surface area contributed by atoms with Crippen LogP contribution in [0.3, 0.4) is 0 Å². The molecule has 1 aliphatic heterocycles. The van der Waals surface area contributed by atoms with E-state index in [-0.39, 0.29) is 0 Å². The van der Waals surface area contributed by atoms with Gasteiger partial charge in [-0.2, -0.15) is 5.26 Å². The van der Waals surface area contributed by atoms with Gasteiger partial charge in [0.1, 0.15) is 23.2 Å². The van der Waals surface area contributed by atoms with Gasteiger partial charge in [-0.1, -0.05) is 12.1 Å². The van der Waals surface area contributed by atoms with E-state index in [0.717, 1.165) is 24.2 Å². The molecule has 0 aliphatic carbocycles. The molecular formula is C13H13NO2. The molecule has 1 fully saturated rings. The van der Waals surface area contributed by atoms with Crippen LogP contribution in [0.4, 0.5) is 0 Å². The number of hydrogen-bond donors (Lipinski definition) is 0. The summed E-state index contributed by atoms with van der Waals surface area (Å²) in [4.78, 5) is 0. The smallest absolute Gasteiger partial charge is 0.127 e. The van der Waals surface area contributed by atoms with Crippen molar-refractivity contribution in [1.82, 2.24) is 0 Å². The first kappa shape index (κ1) is 10.6. The summed E-state index contributed by atoms with van der Waals surface area (Å²) >= 11 is 0. The topological polar surface area (TPSA) is 42.2 Å². The summed E-state index contributed by atoms with van der Waals surface area (Å²) in [5.74, 6) is 1.49. The standard InChI is InChI=1S/C13H13NO2/c1-15-12-6-3-2-5-10(12)11(9-14)13-7-4-8-16-13/h2-3,5-6H,4,7-8H2,1H3/b13-11-. The third kappa shape index (κ3) is 1.87. The zero-order chi connectivity index (χ0) is 11.4. The molecule has 0 atom stereocenters. The monoisotopic (exact) mass is 215 g/mol. The third-order valence-corrected chi connectivity index (χ3v) is 2.59. The van der Waals surface area contributed by atoms with Gasteiger partial charge in [0.2, 0.25) is 0 Å². The minimum Gasteiger partial charge on any atom is -0.497 e. The molecule has 82 valence electrons. The molecule has 0 unspecified atom stereocenters. The maximum atomic E-state index is 9.22. The molecule has 0 aromatic heterocycles. The number of nitrogens with zero attached hydrogens (tertiary/aromatic N) is 1. The highest BCUT2D eigenvalue weighted by Gasteiger charge is 2.17. The van der Waals surface area contributed by atoms with E-state index in [1.54, 1.807) is 7.11 Å². The van der Waals surface area contributed by atoms with Crippen LogP contribution in [0.1, 0.15) is 18.4 Å². The quantitative estimate of drug-likeness (QED) is 0.712. The van der Waals surface area contributed by atoms with Crippen LogP contribution in [-0.4, -0.2) is 13.7 Å². The first-order valence-electron chi connectivity index (χ1n) is 5.26. The van der Waals surface area contributed by atoms with Crippen molar-refractivity contribution < 1.29 is 9.47 Å². The SMILES string of the molecule is COc1ccccc1/C(C#N)=C1/CCCO1. The second-order valence-electron chi connectivity index (χ2n) is 3.56. The molecule has 0 N–H and O–H groups in total. The Morgan fingerprint density at radius 2 is 2.25 bits per heavy atom. The molecule has 1 saturated heterocycles. The van der Waals surface area contributed by atoms with Gasteiger partial charge in [0, 0.05) is 12.0 Å². The summed E-state index contributed by atoms with van der Waals surface area (Å²) in [7, 11) is 1.61. The predicted molar refractivity (Wildman–Crippen MR) is 60.7 cm³/mol. The fourth-order valence-electron chi connectivity index (χ4n) is 1.82. The van der Waals surface area contributed by atoms with Crippen molar-refractivity contribution in [2.45, 2.75) is 12.8 Å². The van der Waals surface area contributed by atoms with Gasteiger partial charge in [0.05, 0.1) is 13.7 Å². The average molecular weight is 215 g/mol. The Balaban J connectivity index is 2.49. The molecule has 0 saturated carbocycles. The Kier molecular flexibility index (Phi) is 3.11. The Morgan fingerprint density at radius 1 is 1.44 bits per heavy atom. The predicted octanol–water partition coefficient (Wildman–Crippen LogP) is 2.74. The molecule has 0 bridgehead atoms. The molecule has 3 nitrogen and oxygen atoms in total. The fourth-order valence-corrected chi connectivity index (χ4v) is 1.82. The highest BCUT2D eigenvalue weighted by molar-refractivity contribution is 5.81. The Morgan fingerprint density at radius 3 is 2.88 bits per heavy atom. The van der Waals surface area contributed by atoms with E-state index in [2.05, 4.69) is 6.07 Å². The number of rotatable bonds is 2. The van der Waals surface area contributed by atoms with Crippen LogP contribution < -0.4 is 4.74 Å². The largest absolute Gasteiger partial charge is 0.497 e. The minimum absolute atomic E-state index is 0.593. The lowest BCUT2D eigenvalue weighted by atomic mass is 10.0. The van der Waals surface area contributed by atoms with Crippen LogP contribution in [-0.2, 0) is 4.74 Å². The van der Waals surface area contributed by atoms with Crippen LogP contribution in [0, 0.1) is 11.3 Å². The van der Waals surface area contributed by atoms with Gasteiger partial charge in [0.15, 0.2) is 0 Å². The first-order chi connectivity index (χ1) is 7.86. The summed E-state index contributed by atoms with van der Waals surface area (Å²) in [6, 6.07) is 9.72. The van der Waals surface area contributed by atoms with E-state index in [4.69, 9.17) is 9.47 Å². The van der Waals surface area contributed by atoms with Gasteiger partial charge in [-0.25, -0.2) is 0 Å². The second kappa shape index (κ2) is 4.71. The van der Waals surface area contributed by atoms with Gasteiger partial charge in [0.25, 0.3) is 0 Å². The highest BCUT2D eigenvalue weighted by atomic mass is 16.5. The molecule has 2 rings (SSSR count). The number of benzene rings is 1. The van der Waals surface area contributed by atoms with E-state index in [1.807, 2.05) is 24.3 Å². The number of nitriles is 1. The number of methoxy groups -OCH3 is 1. The van der Waals surface area contributed by atoms with Crippen molar-refractivity contribution in [3.05, 3.63) is 35.6 Å². The maximum Gasteiger partial charge on any atom is 0.127 e.